The quantitative estimate of drug-likeness (QED) is 0.428. The van der Waals surface area contributed by atoms with E-state index in [1.165, 1.54) is 11.1 Å². The van der Waals surface area contributed by atoms with Gasteiger partial charge in [0.15, 0.2) is 0 Å². The number of pyridine rings is 1. The molecule has 5 rings (SSSR count). The van der Waals surface area contributed by atoms with Crippen molar-refractivity contribution in [2.45, 2.75) is 25.2 Å². The van der Waals surface area contributed by atoms with Gasteiger partial charge in [-0.2, -0.15) is 0 Å². The number of hydrogen-bond donors (Lipinski definition) is 1. The van der Waals surface area contributed by atoms with Gasteiger partial charge < -0.3 is 5.11 Å². The lowest BCUT2D eigenvalue weighted by Gasteiger charge is -2.24. The second kappa shape index (κ2) is 8.19. The fourth-order valence-electron chi connectivity index (χ4n) is 4.50. The first-order chi connectivity index (χ1) is 15.2. The number of aromatic carboxylic acids is 1. The maximum atomic E-state index is 11.9. The molecular weight excluding hydrogens is 382 g/mol. The van der Waals surface area contributed by atoms with Gasteiger partial charge in [-0.05, 0) is 53.6 Å². The SMILES string of the molecule is O=C(O)c1ccc(C2CCc3ccccc3C2)nc1-c1ccc(-c2ccccc2)cc1. The molecule has 3 aromatic carbocycles. The third-order valence-corrected chi connectivity index (χ3v) is 6.18. The smallest absolute Gasteiger partial charge is 0.337 e. The summed E-state index contributed by atoms with van der Waals surface area (Å²) in [5.74, 6) is -0.643. The van der Waals surface area contributed by atoms with Crippen molar-refractivity contribution in [1.29, 1.82) is 0 Å². The normalized spacial score (nSPS) is 15.3. The van der Waals surface area contributed by atoms with Crippen LogP contribution in [0.25, 0.3) is 22.4 Å². The molecular formula is C28H23NO2. The van der Waals surface area contributed by atoms with Gasteiger partial charge in [0.2, 0.25) is 0 Å². The minimum absolute atomic E-state index is 0.243. The van der Waals surface area contributed by atoms with Gasteiger partial charge in [0.1, 0.15) is 0 Å². The Kier molecular flexibility index (Phi) is 5.09. The van der Waals surface area contributed by atoms with E-state index < -0.39 is 5.97 Å². The Morgan fingerprint density at radius 3 is 2.13 bits per heavy atom. The molecule has 0 saturated heterocycles. The summed E-state index contributed by atoms with van der Waals surface area (Å²) in [6.45, 7) is 0. The van der Waals surface area contributed by atoms with Crippen LogP contribution in [0.5, 0.6) is 0 Å². The van der Waals surface area contributed by atoms with Crippen molar-refractivity contribution >= 4 is 5.97 Å². The third kappa shape index (κ3) is 3.87. The summed E-state index contributed by atoms with van der Waals surface area (Å²) in [5, 5.41) is 9.75. The Hall–Kier alpha value is -3.72. The molecule has 31 heavy (non-hydrogen) atoms. The van der Waals surface area contributed by atoms with Crippen molar-refractivity contribution in [2.24, 2.45) is 0 Å². The van der Waals surface area contributed by atoms with Gasteiger partial charge in [0.05, 0.1) is 11.3 Å². The number of benzene rings is 3. The summed E-state index contributed by atoms with van der Waals surface area (Å²) in [6, 6.07) is 30.3. The highest BCUT2D eigenvalue weighted by Gasteiger charge is 2.23. The lowest BCUT2D eigenvalue weighted by molar-refractivity contribution is 0.0697. The molecule has 1 unspecified atom stereocenters. The van der Waals surface area contributed by atoms with E-state index in [0.29, 0.717) is 11.6 Å². The Balaban J connectivity index is 1.50. The van der Waals surface area contributed by atoms with E-state index in [0.717, 1.165) is 41.6 Å². The standard InChI is InChI=1S/C28H23NO2/c30-28(31)25-16-17-26(24-15-12-20-8-4-5-9-23(20)18-24)29-27(25)22-13-10-21(11-14-22)19-6-2-1-3-7-19/h1-11,13-14,16-17,24H,12,15,18H2,(H,30,31). The fourth-order valence-corrected chi connectivity index (χ4v) is 4.50. The highest BCUT2D eigenvalue weighted by Crippen LogP contribution is 2.34. The number of fused-ring (bicyclic) bond motifs is 1. The van der Waals surface area contributed by atoms with E-state index >= 15 is 0 Å². The first-order valence-corrected chi connectivity index (χ1v) is 10.7. The van der Waals surface area contributed by atoms with Crippen LogP contribution in [-0.4, -0.2) is 16.1 Å². The van der Waals surface area contributed by atoms with Crippen LogP contribution in [0.3, 0.4) is 0 Å². The molecule has 1 aromatic heterocycles. The number of aryl methyl sites for hydroxylation is 1. The Labute approximate surface area is 182 Å². The van der Waals surface area contributed by atoms with Gasteiger partial charge in [0, 0.05) is 17.2 Å². The number of carboxylic acids is 1. The van der Waals surface area contributed by atoms with E-state index in [9.17, 15) is 9.90 Å². The summed E-state index contributed by atoms with van der Waals surface area (Å²) >= 11 is 0. The van der Waals surface area contributed by atoms with E-state index in [1.54, 1.807) is 6.07 Å². The molecule has 1 atom stereocenters. The van der Waals surface area contributed by atoms with E-state index in [1.807, 2.05) is 48.5 Å². The van der Waals surface area contributed by atoms with E-state index in [4.69, 9.17) is 4.98 Å². The minimum Gasteiger partial charge on any atom is -0.478 e. The zero-order valence-electron chi connectivity index (χ0n) is 17.2. The zero-order chi connectivity index (χ0) is 21.2. The number of hydrogen-bond acceptors (Lipinski definition) is 2. The number of nitrogens with zero attached hydrogens (tertiary/aromatic N) is 1. The Morgan fingerprint density at radius 2 is 1.39 bits per heavy atom. The molecule has 3 heteroatoms. The van der Waals surface area contributed by atoms with E-state index in [-0.39, 0.29) is 5.56 Å². The number of carboxylic acid groups (broad SMARTS) is 1. The number of rotatable bonds is 4. The second-order valence-corrected chi connectivity index (χ2v) is 8.09. The molecule has 1 aliphatic carbocycles. The van der Waals surface area contributed by atoms with Crippen LogP contribution in [0.1, 0.15) is 39.5 Å². The summed E-state index contributed by atoms with van der Waals surface area (Å²) in [5.41, 5.74) is 7.61. The lowest BCUT2D eigenvalue weighted by Crippen LogP contribution is -2.15. The van der Waals surface area contributed by atoms with Crippen LogP contribution >= 0.6 is 0 Å². The van der Waals surface area contributed by atoms with Crippen LogP contribution in [0.15, 0.2) is 91.0 Å². The molecule has 0 saturated carbocycles. The zero-order valence-corrected chi connectivity index (χ0v) is 17.2. The molecule has 0 radical (unpaired) electrons. The molecule has 4 aromatic rings. The monoisotopic (exact) mass is 405 g/mol. The summed E-state index contributed by atoms with van der Waals surface area (Å²) < 4.78 is 0. The highest BCUT2D eigenvalue weighted by molar-refractivity contribution is 5.95. The van der Waals surface area contributed by atoms with Crippen molar-refractivity contribution in [3.63, 3.8) is 0 Å². The van der Waals surface area contributed by atoms with Gasteiger partial charge in [-0.25, -0.2) is 4.79 Å². The fraction of sp³-hybridized carbons (Fsp3) is 0.143. The largest absolute Gasteiger partial charge is 0.478 e. The van der Waals surface area contributed by atoms with E-state index in [2.05, 4.69) is 36.4 Å². The van der Waals surface area contributed by atoms with Crippen molar-refractivity contribution in [2.75, 3.05) is 0 Å². The predicted molar refractivity (Wildman–Crippen MR) is 123 cm³/mol. The maximum absolute atomic E-state index is 11.9. The van der Waals surface area contributed by atoms with Crippen LogP contribution in [-0.2, 0) is 12.8 Å². The van der Waals surface area contributed by atoms with Gasteiger partial charge in [-0.15, -0.1) is 0 Å². The van der Waals surface area contributed by atoms with Crippen molar-refractivity contribution in [1.82, 2.24) is 4.98 Å². The highest BCUT2D eigenvalue weighted by atomic mass is 16.4. The minimum atomic E-state index is -0.949. The lowest BCUT2D eigenvalue weighted by atomic mass is 9.82. The van der Waals surface area contributed by atoms with Gasteiger partial charge >= 0.3 is 5.97 Å². The molecule has 3 nitrogen and oxygen atoms in total. The first-order valence-electron chi connectivity index (χ1n) is 10.7. The average Bonchev–Trinajstić information content (AvgIpc) is 2.84. The van der Waals surface area contributed by atoms with Crippen LogP contribution in [0.4, 0.5) is 0 Å². The molecule has 0 bridgehead atoms. The number of aromatic nitrogens is 1. The first kappa shape index (κ1) is 19.3. The van der Waals surface area contributed by atoms with Gasteiger partial charge in [0.25, 0.3) is 0 Å². The molecule has 0 amide bonds. The van der Waals surface area contributed by atoms with Crippen LogP contribution in [0, 0.1) is 0 Å². The third-order valence-electron chi connectivity index (χ3n) is 6.18. The summed E-state index contributed by atoms with van der Waals surface area (Å²) in [7, 11) is 0. The van der Waals surface area contributed by atoms with Gasteiger partial charge in [-0.3, -0.25) is 4.98 Å². The van der Waals surface area contributed by atoms with Crippen LogP contribution < -0.4 is 0 Å². The molecule has 1 heterocycles. The maximum Gasteiger partial charge on any atom is 0.337 e. The predicted octanol–water partition coefficient (Wildman–Crippen LogP) is 6.39. The second-order valence-electron chi connectivity index (χ2n) is 8.09. The van der Waals surface area contributed by atoms with Crippen molar-refractivity contribution < 1.29 is 9.90 Å². The average molecular weight is 405 g/mol. The Morgan fingerprint density at radius 1 is 0.742 bits per heavy atom. The van der Waals surface area contributed by atoms with Gasteiger partial charge in [-0.1, -0.05) is 78.9 Å². The molecule has 1 aliphatic rings. The molecule has 0 fully saturated rings. The van der Waals surface area contributed by atoms with Crippen LogP contribution in [0.2, 0.25) is 0 Å². The van der Waals surface area contributed by atoms with Crippen molar-refractivity contribution in [3.05, 3.63) is 113 Å². The molecule has 152 valence electrons. The van der Waals surface area contributed by atoms with Crippen molar-refractivity contribution in [3.8, 4) is 22.4 Å². The molecule has 0 spiro atoms. The summed E-state index contributed by atoms with van der Waals surface area (Å²) in [4.78, 5) is 16.8. The summed E-state index contributed by atoms with van der Waals surface area (Å²) in [6.07, 6.45) is 3.01. The molecule has 0 aliphatic heterocycles. The topological polar surface area (TPSA) is 50.2 Å². The Bertz CT molecular complexity index is 1230. The molecule has 1 N–H and O–H groups in total. The number of carbonyl (C=O) groups is 1.